The normalized spacial score (nSPS) is 16.4. The molecule has 0 saturated carbocycles. The number of hydrogen-bond acceptors (Lipinski definition) is 1. The van der Waals surface area contributed by atoms with Crippen molar-refractivity contribution in [3.8, 4) is 0 Å². The monoisotopic (exact) mass is 329 g/mol. The van der Waals surface area contributed by atoms with Gasteiger partial charge in [0.15, 0.2) is 0 Å². The van der Waals surface area contributed by atoms with E-state index in [9.17, 15) is 4.79 Å². The number of benzene rings is 1. The molecule has 0 unspecified atom stereocenters. The second-order valence-corrected chi connectivity index (χ2v) is 8.60. The molecule has 0 N–H and O–H groups in total. The summed E-state index contributed by atoms with van der Waals surface area (Å²) in [4.78, 5) is 14.7. The standard InChI is InChI=1S/C22H35NO/c1-5-18-10-8-11-20(17-18)21(24)23-15-12-19(13-16-23)9-6-7-14-22(2,3)4/h8,10-11,17,19H,5-7,9,12-16H2,1-4H3. The van der Waals surface area contributed by atoms with Crippen molar-refractivity contribution in [1.29, 1.82) is 0 Å². The number of nitrogens with zero attached hydrogens (tertiary/aromatic N) is 1. The average Bonchev–Trinajstić information content (AvgIpc) is 2.58. The van der Waals surface area contributed by atoms with Crippen molar-refractivity contribution in [2.45, 2.75) is 72.6 Å². The van der Waals surface area contributed by atoms with Crippen LogP contribution >= 0.6 is 0 Å². The van der Waals surface area contributed by atoms with E-state index >= 15 is 0 Å². The molecule has 1 amide bonds. The number of likely N-dealkylation sites (tertiary alicyclic amines) is 1. The van der Waals surface area contributed by atoms with E-state index in [0.29, 0.717) is 5.41 Å². The smallest absolute Gasteiger partial charge is 0.253 e. The highest BCUT2D eigenvalue weighted by Crippen LogP contribution is 2.27. The number of rotatable bonds is 6. The van der Waals surface area contributed by atoms with Gasteiger partial charge in [0, 0.05) is 18.7 Å². The van der Waals surface area contributed by atoms with Crippen molar-refractivity contribution in [2.75, 3.05) is 13.1 Å². The molecular weight excluding hydrogens is 294 g/mol. The highest BCUT2D eigenvalue weighted by Gasteiger charge is 2.23. The SMILES string of the molecule is CCc1cccc(C(=O)N2CCC(CCCCC(C)(C)C)CC2)c1. The lowest BCUT2D eigenvalue weighted by Gasteiger charge is -2.32. The number of unbranched alkanes of at least 4 members (excludes halogenated alkanes) is 1. The fourth-order valence-corrected chi connectivity index (χ4v) is 3.62. The number of amides is 1. The van der Waals surface area contributed by atoms with E-state index in [0.717, 1.165) is 31.0 Å². The molecule has 2 heteroatoms. The minimum atomic E-state index is 0.219. The Morgan fingerprint density at radius 3 is 2.50 bits per heavy atom. The maximum absolute atomic E-state index is 12.7. The third-order valence-corrected chi connectivity index (χ3v) is 5.27. The molecule has 0 radical (unpaired) electrons. The van der Waals surface area contributed by atoms with Crippen LogP contribution in [0.25, 0.3) is 0 Å². The molecule has 2 rings (SSSR count). The second-order valence-electron chi connectivity index (χ2n) is 8.60. The van der Waals surface area contributed by atoms with Crippen LogP contribution in [-0.4, -0.2) is 23.9 Å². The first-order valence-electron chi connectivity index (χ1n) is 9.77. The fraction of sp³-hybridized carbons (Fsp3) is 0.682. The third kappa shape index (κ3) is 5.96. The van der Waals surface area contributed by atoms with Gasteiger partial charge in [0.05, 0.1) is 0 Å². The van der Waals surface area contributed by atoms with Crippen molar-refractivity contribution >= 4 is 5.91 Å². The predicted molar refractivity (Wildman–Crippen MR) is 102 cm³/mol. The van der Waals surface area contributed by atoms with Crippen molar-refractivity contribution in [1.82, 2.24) is 4.90 Å². The van der Waals surface area contributed by atoms with E-state index in [4.69, 9.17) is 0 Å². The molecule has 1 aliphatic rings. The van der Waals surface area contributed by atoms with Crippen molar-refractivity contribution in [3.05, 3.63) is 35.4 Å². The minimum Gasteiger partial charge on any atom is -0.339 e. The summed E-state index contributed by atoms with van der Waals surface area (Å²) >= 11 is 0. The molecule has 0 spiro atoms. The molecule has 1 saturated heterocycles. The molecule has 1 aromatic rings. The van der Waals surface area contributed by atoms with Gasteiger partial charge in [-0.2, -0.15) is 0 Å². The largest absolute Gasteiger partial charge is 0.339 e. The van der Waals surface area contributed by atoms with Gasteiger partial charge < -0.3 is 4.90 Å². The van der Waals surface area contributed by atoms with Crippen LogP contribution in [0, 0.1) is 11.3 Å². The van der Waals surface area contributed by atoms with E-state index in [2.05, 4.69) is 44.7 Å². The van der Waals surface area contributed by atoms with Crippen LogP contribution < -0.4 is 0 Å². The third-order valence-electron chi connectivity index (χ3n) is 5.27. The Bertz CT molecular complexity index is 521. The van der Waals surface area contributed by atoms with Crippen LogP contribution in [0.1, 0.15) is 82.1 Å². The van der Waals surface area contributed by atoms with Gasteiger partial charge in [-0.15, -0.1) is 0 Å². The first-order chi connectivity index (χ1) is 11.4. The highest BCUT2D eigenvalue weighted by atomic mass is 16.2. The van der Waals surface area contributed by atoms with Gasteiger partial charge in [-0.1, -0.05) is 59.1 Å². The lowest BCUT2D eigenvalue weighted by Crippen LogP contribution is -2.38. The topological polar surface area (TPSA) is 20.3 Å². The summed E-state index contributed by atoms with van der Waals surface area (Å²) in [6, 6.07) is 8.12. The molecule has 0 atom stereocenters. The Labute approximate surface area is 148 Å². The molecule has 2 nitrogen and oxygen atoms in total. The Morgan fingerprint density at radius 1 is 1.17 bits per heavy atom. The summed E-state index contributed by atoms with van der Waals surface area (Å²) in [6.07, 6.45) is 8.67. The van der Waals surface area contributed by atoms with Gasteiger partial charge in [0.1, 0.15) is 0 Å². The maximum Gasteiger partial charge on any atom is 0.253 e. The molecule has 24 heavy (non-hydrogen) atoms. The first kappa shape index (κ1) is 19.0. The zero-order chi connectivity index (χ0) is 17.6. The van der Waals surface area contributed by atoms with Crippen LogP contribution in [0.15, 0.2) is 24.3 Å². The molecular formula is C22H35NO. The van der Waals surface area contributed by atoms with Gasteiger partial charge >= 0.3 is 0 Å². The minimum absolute atomic E-state index is 0.219. The molecule has 1 aromatic carbocycles. The molecule has 1 fully saturated rings. The summed E-state index contributed by atoms with van der Waals surface area (Å²) in [6.45, 7) is 11.0. The number of aryl methyl sites for hydroxylation is 1. The Morgan fingerprint density at radius 2 is 1.88 bits per heavy atom. The van der Waals surface area contributed by atoms with Gasteiger partial charge in [0.25, 0.3) is 5.91 Å². The zero-order valence-corrected chi connectivity index (χ0v) is 16.1. The quantitative estimate of drug-likeness (QED) is 0.612. The lowest BCUT2D eigenvalue weighted by molar-refractivity contribution is 0.0685. The van der Waals surface area contributed by atoms with Crippen molar-refractivity contribution in [3.63, 3.8) is 0 Å². The van der Waals surface area contributed by atoms with Gasteiger partial charge in [0.2, 0.25) is 0 Å². The van der Waals surface area contributed by atoms with Crippen molar-refractivity contribution in [2.24, 2.45) is 11.3 Å². The average molecular weight is 330 g/mol. The maximum atomic E-state index is 12.7. The van der Waals surface area contributed by atoms with E-state index < -0.39 is 0 Å². The zero-order valence-electron chi connectivity index (χ0n) is 16.1. The number of piperidine rings is 1. The van der Waals surface area contributed by atoms with Crippen LogP contribution in [-0.2, 0) is 6.42 Å². The summed E-state index contributed by atoms with van der Waals surface area (Å²) in [5.41, 5.74) is 2.57. The number of hydrogen-bond donors (Lipinski definition) is 0. The molecule has 0 bridgehead atoms. The summed E-state index contributed by atoms with van der Waals surface area (Å²) in [5.74, 6) is 1.03. The lowest BCUT2D eigenvalue weighted by atomic mass is 9.86. The van der Waals surface area contributed by atoms with E-state index in [-0.39, 0.29) is 5.91 Å². The first-order valence-corrected chi connectivity index (χ1v) is 9.77. The van der Waals surface area contributed by atoms with Crippen LogP contribution in [0.2, 0.25) is 0 Å². The van der Waals surface area contributed by atoms with Gasteiger partial charge in [-0.25, -0.2) is 0 Å². The molecule has 0 aromatic heterocycles. The predicted octanol–water partition coefficient (Wildman–Crippen LogP) is 5.71. The van der Waals surface area contributed by atoms with Crippen LogP contribution in [0.4, 0.5) is 0 Å². The highest BCUT2D eigenvalue weighted by molar-refractivity contribution is 5.94. The summed E-state index contributed by atoms with van der Waals surface area (Å²) in [5, 5.41) is 0. The number of carbonyl (C=O) groups is 1. The summed E-state index contributed by atoms with van der Waals surface area (Å²) in [7, 11) is 0. The Kier molecular flexibility index (Phi) is 6.89. The molecule has 1 heterocycles. The molecule has 134 valence electrons. The Hall–Kier alpha value is -1.31. The summed E-state index contributed by atoms with van der Waals surface area (Å²) < 4.78 is 0. The van der Waals surface area contributed by atoms with Crippen LogP contribution in [0.3, 0.4) is 0 Å². The van der Waals surface area contributed by atoms with Crippen molar-refractivity contribution < 1.29 is 4.79 Å². The van der Waals surface area contributed by atoms with Crippen LogP contribution in [0.5, 0.6) is 0 Å². The van der Waals surface area contributed by atoms with Gasteiger partial charge in [-0.3, -0.25) is 4.79 Å². The fourth-order valence-electron chi connectivity index (χ4n) is 3.62. The van der Waals surface area contributed by atoms with E-state index in [1.54, 1.807) is 0 Å². The van der Waals surface area contributed by atoms with Gasteiger partial charge in [-0.05, 0) is 54.7 Å². The van der Waals surface area contributed by atoms with E-state index in [1.165, 1.54) is 44.1 Å². The van der Waals surface area contributed by atoms with E-state index in [1.807, 2.05) is 12.1 Å². The molecule has 0 aliphatic carbocycles. The second kappa shape index (κ2) is 8.69. The Balaban J connectivity index is 1.75. The molecule has 1 aliphatic heterocycles. The number of carbonyl (C=O) groups excluding carboxylic acids is 1.